The van der Waals surface area contributed by atoms with Gasteiger partial charge < -0.3 is 15.5 Å². The van der Waals surface area contributed by atoms with Crippen LogP contribution in [0.5, 0.6) is 5.75 Å². The van der Waals surface area contributed by atoms with Crippen LogP contribution in [0.25, 0.3) is 0 Å². The van der Waals surface area contributed by atoms with Crippen LogP contribution in [0.3, 0.4) is 0 Å². The number of azo groups is 1. The van der Waals surface area contributed by atoms with Crippen molar-refractivity contribution in [2.45, 2.75) is 51.3 Å². The molecule has 9 nitrogen and oxygen atoms in total. The number of hydrogen-bond acceptors (Lipinski definition) is 7. The number of benzene rings is 1. The largest absolute Gasteiger partial charge is 0.510 e. The number of nitrogens with two attached hydrogens (primary N) is 1. The van der Waals surface area contributed by atoms with Crippen molar-refractivity contribution in [1.29, 1.82) is 0 Å². The molecule has 156 valence electrons. The molecule has 0 aliphatic rings. The number of sulfonamides is 1. The van der Waals surface area contributed by atoms with Crippen LogP contribution in [-0.2, 0) is 14.8 Å². The molecule has 0 spiro atoms. The number of phenolic OH excluding ortho intramolecular Hbond substituents is 1. The van der Waals surface area contributed by atoms with Gasteiger partial charge in [0.25, 0.3) is 5.91 Å². The molecule has 1 aromatic rings. The predicted octanol–water partition coefficient (Wildman–Crippen LogP) is 3.25. The van der Waals surface area contributed by atoms with E-state index in [1.54, 1.807) is 0 Å². The van der Waals surface area contributed by atoms with E-state index in [0.29, 0.717) is 12.5 Å². The summed E-state index contributed by atoms with van der Waals surface area (Å²) in [6.07, 6.45) is 4.03. The number of rotatable bonds is 10. The van der Waals surface area contributed by atoms with Crippen molar-refractivity contribution in [3.05, 3.63) is 29.7 Å². The number of aliphatic hydroxyl groups excluding tert-OH is 1. The lowest BCUT2D eigenvalue weighted by molar-refractivity contribution is -0.118. The Morgan fingerprint density at radius 1 is 1.32 bits per heavy atom. The van der Waals surface area contributed by atoms with Gasteiger partial charge in [0.05, 0.1) is 4.90 Å². The Balaban J connectivity index is 2.97. The number of aliphatic hydroxyl groups is 1. The summed E-state index contributed by atoms with van der Waals surface area (Å²) in [5, 5.41) is 34.7. The summed E-state index contributed by atoms with van der Waals surface area (Å²) in [6.45, 7) is 5.86. The van der Waals surface area contributed by atoms with E-state index >= 15 is 0 Å². The minimum Gasteiger partial charge on any atom is -0.510 e. The van der Waals surface area contributed by atoms with Gasteiger partial charge in [-0.05, 0) is 37.5 Å². The molecule has 1 unspecified atom stereocenters. The third-order valence-corrected chi connectivity index (χ3v) is 5.10. The first-order valence-electron chi connectivity index (χ1n) is 9.05. The van der Waals surface area contributed by atoms with E-state index in [1.165, 1.54) is 6.92 Å². The standard InChI is InChI=1S/C18H28N4O5S/c1-4-6-7-13(5-2)11-20-18(25)17(12(3)23)22-21-15-10-14(28(19,26)27)8-9-16(15)24/h8-10,13,23-24H,4-7,11H2,1-3H3,(H,20,25)(H2,19,26,27)/b17-12-,22-21?. The maximum absolute atomic E-state index is 12.4. The number of allylic oxidation sites excluding steroid dienone is 1. The molecule has 0 fully saturated rings. The maximum Gasteiger partial charge on any atom is 0.275 e. The van der Waals surface area contributed by atoms with Crippen LogP contribution in [-0.4, -0.2) is 31.1 Å². The fourth-order valence-electron chi connectivity index (χ4n) is 2.41. The van der Waals surface area contributed by atoms with Gasteiger partial charge in [-0.2, -0.15) is 0 Å². The van der Waals surface area contributed by atoms with E-state index in [1.807, 2.05) is 6.92 Å². The van der Waals surface area contributed by atoms with Crippen molar-refractivity contribution >= 4 is 21.6 Å². The van der Waals surface area contributed by atoms with E-state index < -0.39 is 15.9 Å². The number of unbranched alkanes of at least 4 members (excludes halogenated alkanes) is 1. The second-order valence-electron chi connectivity index (χ2n) is 6.46. The highest BCUT2D eigenvalue weighted by molar-refractivity contribution is 7.89. The molecule has 0 aromatic heterocycles. The van der Waals surface area contributed by atoms with E-state index in [2.05, 4.69) is 22.5 Å². The molecule has 1 aromatic carbocycles. The van der Waals surface area contributed by atoms with Crippen molar-refractivity contribution in [1.82, 2.24) is 5.32 Å². The van der Waals surface area contributed by atoms with E-state index in [4.69, 9.17) is 5.14 Å². The second-order valence-corrected chi connectivity index (χ2v) is 8.02. The third kappa shape index (κ3) is 7.28. The SMILES string of the molecule is CCCCC(CC)CNC(=O)/C(N=Nc1cc(S(N)(=O)=O)ccc1O)=C(\C)O. The fourth-order valence-corrected chi connectivity index (χ4v) is 2.94. The molecule has 0 saturated carbocycles. The Morgan fingerprint density at radius 3 is 2.54 bits per heavy atom. The van der Waals surface area contributed by atoms with Gasteiger partial charge >= 0.3 is 0 Å². The minimum absolute atomic E-state index is 0.201. The molecule has 0 aliphatic heterocycles. The average molecular weight is 413 g/mol. The quantitative estimate of drug-likeness (QED) is 0.264. The van der Waals surface area contributed by atoms with Crippen molar-refractivity contribution < 1.29 is 23.4 Å². The first-order chi connectivity index (χ1) is 13.1. The smallest absolute Gasteiger partial charge is 0.275 e. The van der Waals surface area contributed by atoms with Gasteiger partial charge in [-0.3, -0.25) is 4.79 Å². The molecule has 1 amide bonds. The third-order valence-electron chi connectivity index (χ3n) is 4.19. The summed E-state index contributed by atoms with van der Waals surface area (Å²) >= 11 is 0. The number of nitrogens with zero attached hydrogens (tertiary/aromatic N) is 2. The van der Waals surface area contributed by atoms with E-state index in [0.717, 1.165) is 43.9 Å². The first kappa shape index (κ1) is 23.6. The Labute approximate surface area is 165 Å². The molecule has 0 aliphatic carbocycles. The van der Waals surface area contributed by atoms with Gasteiger partial charge in [-0.1, -0.05) is 33.1 Å². The van der Waals surface area contributed by atoms with Gasteiger partial charge in [0.1, 0.15) is 17.2 Å². The Kier molecular flexibility index (Phi) is 9.07. The highest BCUT2D eigenvalue weighted by atomic mass is 32.2. The number of hydrogen-bond donors (Lipinski definition) is 4. The summed E-state index contributed by atoms with van der Waals surface area (Å²) in [4.78, 5) is 12.1. The normalized spacial score (nSPS) is 14.0. The number of amides is 1. The number of carbonyl (C=O) groups is 1. The van der Waals surface area contributed by atoms with Crippen LogP contribution in [0, 0.1) is 5.92 Å². The van der Waals surface area contributed by atoms with Crippen LogP contribution in [0.4, 0.5) is 5.69 Å². The average Bonchev–Trinajstić information content (AvgIpc) is 2.62. The number of phenols is 1. The van der Waals surface area contributed by atoms with Crippen LogP contribution in [0.15, 0.2) is 44.8 Å². The number of primary sulfonamides is 1. The molecule has 28 heavy (non-hydrogen) atoms. The molecule has 5 N–H and O–H groups in total. The lowest BCUT2D eigenvalue weighted by atomic mass is 9.99. The molecule has 1 rings (SSSR count). The van der Waals surface area contributed by atoms with Crippen LogP contribution in [0.1, 0.15) is 46.5 Å². The summed E-state index contributed by atoms with van der Waals surface area (Å²) in [7, 11) is -4.00. The first-order valence-corrected chi connectivity index (χ1v) is 10.6. The minimum atomic E-state index is -4.00. The summed E-state index contributed by atoms with van der Waals surface area (Å²) in [5.41, 5.74) is -0.529. The Hall–Kier alpha value is -2.46. The second kappa shape index (κ2) is 10.8. The van der Waals surface area contributed by atoms with Gasteiger partial charge in [0.15, 0.2) is 5.70 Å². The topological polar surface area (TPSA) is 154 Å². The molecular formula is C18H28N4O5S. The Morgan fingerprint density at radius 2 is 2.00 bits per heavy atom. The predicted molar refractivity (Wildman–Crippen MR) is 106 cm³/mol. The molecule has 10 heteroatoms. The van der Waals surface area contributed by atoms with Gasteiger partial charge in [-0.25, -0.2) is 13.6 Å². The van der Waals surface area contributed by atoms with Crippen LogP contribution in [0.2, 0.25) is 0 Å². The van der Waals surface area contributed by atoms with Crippen molar-refractivity contribution in [3.8, 4) is 5.75 Å². The van der Waals surface area contributed by atoms with Gasteiger partial charge in [0.2, 0.25) is 10.0 Å². The molecule has 0 heterocycles. The molecule has 0 radical (unpaired) electrons. The fraction of sp³-hybridized carbons (Fsp3) is 0.500. The number of aromatic hydroxyl groups is 1. The molecular weight excluding hydrogens is 384 g/mol. The zero-order valence-corrected chi connectivity index (χ0v) is 17.2. The van der Waals surface area contributed by atoms with E-state index in [-0.39, 0.29) is 27.8 Å². The van der Waals surface area contributed by atoms with Gasteiger partial charge in [-0.15, -0.1) is 10.2 Å². The maximum atomic E-state index is 12.4. The zero-order chi connectivity index (χ0) is 21.3. The summed E-state index contributed by atoms with van der Waals surface area (Å²) in [5.74, 6) is -1.00. The van der Waals surface area contributed by atoms with E-state index in [9.17, 15) is 23.4 Å². The lowest BCUT2D eigenvalue weighted by Gasteiger charge is -2.15. The molecule has 1 atom stereocenters. The van der Waals surface area contributed by atoms with Crippen molar-refractivity contribution in [3.63, 3.8) is 0 Å². The summed E-state index contributed by atoms with van der Waals surface area (Å²) in [6, 6.07) is 3.24. The summed E-state index contributed by atoms with van der Waals surface area (Å²) < 4.78 is 22.8. The Bertz CT molecular complexity index is 846. The van der Waals surface area contributed by atoms with Crippen LogP contribution >= 0.6 is 0 Å². The zero-order valence-electron chi connectivity index (χ0n) is 16.3. The number of carbonyl (C=O) groups excluding carboxylic acids is 1. The van der Waals surface area contributed by atoms with Crippen LogP contribution < -0.4 is 10.5 Å². The highest BCUT2D eigenvalue weighted by Gasteiger charge is 2.16. The van der Waals surface area contributed by atoms with Gasteiger partial charge in [0, 0.05) is 6.54 Å². The lowest BCUT2D eigenvalue weighted by Crippen LogP contribution is -2.30. The monoisotopic (exact) mass is 412 g/mol. The van der Waals surface area contributed by atoms with Crippen molar-refractivity contribution in [2.75, 3.05) is 6.54 Å². The molecule has 0 bridgehead atoms. The number of nitrogens with one attached hydrogen (secondary N) is 1. The van der Waals surface area contributed by atoms with Crippen molar-refractivity contribution in [2.24, 2.45) is 21.3 Å². The molecule has 0 saturated heterocycles. The highest BCUT2D eigenvalue weighted by Crippen LogP contribution is 2.29.